The summed E-state index contributed by atoms with van der Waals surface area (Å²) < 4.78 is 35.5. The fourth-order valence-corrected chi connectivity index (χ4v) is 6.25. The Kier molecular flexibility index (Phi) is 7.16. The second kappa shape index (κ2) is 10.6. The van der Waals surface area contributed by atoms with Gasteiger partial charge < -0.3 is 19.4 Å². The number of nitrogens with zero attached hydrogens (tertiary/aromatic N) is 5. The van der Waals surface area contributed by atoms with Gasteiger partial charge in [0.2, 0.25) is 10.0 Å². The number of ether oxygens (including phenoxy) is 1. The maximum Gasteiger partial charge on any atom is 0.427 e. The van der Waals surface area contributed by atoms with Crippen molar-refractivity contribution in [3.05, 3.63) is 69.5 Å². The van der Waals surface area contributed by atoms with E-state index in [1.807, 2.05) is 32.9 Å². The third-order valence-corrected chi connectivity index (χ3v) is 8.60. The zero-order chi connectivity index (χ0) is 28.6. The normalized spacial score (nSPS) is 13.6. The summed E-state index contributed by atoms with van der Waals surface area (Å²) in [6.07, 6.45) is 6.00. The minimum absolute atomic E-state index is 0.0316. The summed E-state index contributed by atoms with van der Waals surface area (Å²) in [5, 5.41) is 22.4. The maximum atomic E-state index is 12.4. The van der Waals surface area contributed by atoms with Gasteiger partial charge in [0.15, 0.2) is 6.20 Å². The highest BCUT2D eigenvalue weighted by molar-refractivity contribution is 7.92. The summed E-state index contributed by atoms with van der Waals surface area (Å²) in [5.74, 6) is -0.346. The summed E-state index contributed by atoms with van der Waals surface area (Å²) in [5.41, 5.74) is 4.95. The molecule has 0 aliphatic heterocycles. The molecule has 0 radical (unpaired) electrons. The molecule has 1 saturated carbocycles. The first-order chi connectivity index (χ1) is 19.1. The average Bonchev–Trinajstić information content (AvgIpc) is 3.18. The Morgan fingerprint density at radius 1 is 1.18 bits per heavy atom. The molecule has 0 amide bonds. The molecule has 1 aliphatic carbocycles. The van der Waals surface area contributed by atoms with Crippen molar-refractivity contribution in [2.75, 3.05) is 10.5 Å². The number of rotatable bonds is 9. The molecular formula is C28H28N6O5S. The highest BCUT2D eigenvalue weighted by atomic mass is 32.2. The zero-order valence-corrected chi connectivity index (χ0v) is 23.2. The maximum absolute atomic E-state index is 12.4. The number of hydrogen-bond donors (Lipinski definition) is 1. The minimum atomic E-state index is -3.46. The van der Waals surface area contributed by atoms with Crippen LogP contribution in [0.4, 0.5) is 11.5 Å². The Morgan fingerprint density at radius 2 is 1.93 bits per heavy atom. The van der Waals surface area contributed by atoms with Gasteiger partial charge in [-0.3, -0.25) is 4.72 Å². The number of nitrogens with one attached hydrogen (secondary N) is 1. The van der Waals surface area contributed by atoms with Crippen molar-refractivity contribution in [2.45, 2.75) is 52.5 Å². The monoisotopic (exact) mass is 560 g/mol. The molecule has 12 heteroatoms. The summed E-state index contributed by atoms with van der Waals surface area (Å²) in [6, 6.07) is 11.5. The van der Waals surface area contributed by atoms with E-state index in [1.54, 1.807) is 18.2 Å². The highest BCUT2D eigenvalue weighted by Crippen LogP contribution is 2.45. The molecule has 1 aliphatic rings. The van der Waals surface area contributed by atoms with E-state index in [-0.39, 0.29) is 17.7 Å². The number of aromatic nitrogens is 3. The van der Waals surface area contributed by atoms with Gasteiger partial charge in [-0.2, -0.15) is 5.26 Å². The summed E-state index contributed by atoms with van der Waals surface area (Å²) in [7, 11) is -3.46. The molecule has 0 atom stereocenters. The van der Waals surface area contributed by atoms with Crippen LogP contribution >= 0.6 is 0 Å². The largest absolute Gasteiger partial charge is 0.432 e. The summed E-state index contributed by atoms with van der Waals surface area (Å²) in [4.78, 5) is 18.5. The van der Waals surface area contributed by atoms with Crippen LogP contribution in [0.25, 0.3) is 22.2 Å². The van der Waals surface area contributed by atoms with Crippen molar-refractivity contribution in [2.24, 2.45) is 0 Å². The Hall–Kier alpha value is -4.50. The van der Waals surface area contributed by atoms with Crippen molar-refractivity contribution in [1.29, 1.82) is 5.26 Å². The second-order valence-corrected chi connectivity index (χ2v) is 11.8. The third-order valence-electron chi connectivity index (χ3n) is 7.13. The number of nitriles is 1. The molecule has 0 saturated heterocycles. The van der Waals surface area contributed by atoms with Crippen LogP contribution in [0, 0.1) is 35.3 Å². The number of sulfonamides is 1. The van der Waals surface area contributed by atoms with E-state index < -0.39 is 20.8 Å². The van der Waals surface area contributed by atoms with Gasteiger partial charge in [0.25, 0.3) is 0 Å². The van der Waals surface area contributed by atoms with Crippen molar-refractivity contribution >= 4 is 32.4 Å². The van der Waals surface area contributed by atoms with E-state index in [4.69, 9.17) is 4.74 Å². The Labute approximate surface area is 231 Å². The first-order valence-corrected chi connectivity index (χ1v) is 14.6. The van der Waals surface area contributed by atoms with Gasteiger partial charge in [0.05, 0.1) is 34.4 Å². The van der Waals surface area contributed by atoms with E-state index in [0.29, 0.717) is 23.4 Å². The molecule has 0 bridgehead atoms. The van der Waals surface area contributed by atoms with E-state index in [9.17, 15) is 23.8 Å². The molecule has 206 valence electrons. The van der Waals surface area contributed by atoms with Crippen molar-refractivity contribution in [3.63, 3.8) is 0 Å². The smallest absolute Gasteiger partial charge is 0.427 e. The van der Waals surface area contributed by atoms with Gasteiger partial charge in [-0.15, -0.1) is 0 Å². The van der Waals surface area contributed by atoms with E-state index in [1.165, 1.54) is 12.4 Å². The van der Waals surface area contributed by atoms with Gasteiger partial charge in [-0.1, -0.05) is 6.92 Å². The Morgan fingerprint density at radius 3 is 2.58 bits per heavy atom. The second-order valence-electron chi connectivity index (χ2n) is 9.92. The fraction of sp³-hybridized carbons (Fsp3) is 0.321. The number of benzene rings is 2. The molecule has 0 unspecified atom stereocenters. The predicted octanol–water partition coefficient (Wildman–Crippen LogP) is 6.16. The minimum Gasteiger partial charge on any atom is -0.432 e. The molecular weight excluding hydrogens is 532 g/mol. The van der Waals surface area contributed by atoms with Crippen LogP contribution in [-0.4, -0.2) is 33.6 Å². The van der Waals surface area contributed by atoms with Crippen molar-refractivity contribution in [1.82, 2.24) is 14.5 Å². The van der Waals surface area contributed by atoms with E-state index in [2.05, 4.69) is 25.3 Å². The number of nitro groups is 1. The van der Waals surface area contributed by atoms with Crippen molar-refractivity contribution < 1.29 is 18.1 Å². The van der Waals surface area contributed by atoms with Crippen LogP contribution in [0.5, 0.6) is 11.6 Å². The van der Waals surface area contributed by atoms with Gasteiger partial charge in [-0.05, 0) is 84.8 Å². The van der Waals surface area contributed by atoms with Crippen molar-refractivity contribution in [3.8, 4) is 29.0 Å². The summed E-state index contributed by atoms with van der Waals surface area (Å²) in [6.45, 7) is 5.56. The number of fused-ring (bicyclic) bond motifs is 1. The zero-order valence-electron chi connectivity index (χ0n) is 22.3. The van der Waals surface area contributed by atoms with Crippen LogP contribution in [-0.2, 0) is 10.0 Å². The first kappa shape index (κ1) is 27.1. The van der Waals surface area contributed by atoms with Gasteiger partial charge in [0, 0.05) is 23.1 Å². The molecule has 2 aromatic heterocycles. The standard InChI is InChI=1S/C28H28N6O5S/c1-4-12-40(37,38)32-24-14-17(2)22(13-18(24)3)26-23(16-29)21-9-8-20(15-25(21)33(26)19-6-5-7-19)39-28-27(34(35)36)30-10-11-31-28/h8-11,13-15,19,32H,4-7,12H2,1-3H3. The third kappa shape index (κ3) is 4.96. The van der Waals surface area contributed by atoms with E-state index in [0.717, 1.165) is 52.5 Å². The van der Waals surface area contributed by atoms with Gasteiger partial charge in [0.1, 0.15) is 11.8 Å². The molecule has 1 N–H and O–H groups in total. The first-order valence-electron chi connectivity index (χ1n) is 13.0. The molecule has 1 fully saturated rings. The average molecular weight is 561 g/mol. The number of hydrogen-bond acceptors (Lipinski definition) is 8. The number of aryl methyl sites for hydroxylation is 2. The quantitative estimate of drug-likeness (QED) is 0.188. The lowest BCUT2D eigenvalue weighted by Gasteiger charge is -2.30. The predicted molar refractivity (Wildman–Crippen MR) is 151 cm³/mol. The van der Waals surface area contributed by atoms with Crippen LogP contribution in [0.2, 0.25) is 0 Å². The molecule has 5 rings (SSSR count). The van der Waals surface area contributed by atoms with Gasteiger partial charge in [-0.25, -0.2) is 13.4 Å². The van der Waals surface area contributed by atoms with E-state index >= 15 is 0 Å². The number of anilines is 1. The molecule has 40 heavy (non-hydrogen) atoms. The highest BCUT2D eigenvalue weighted by Gasteiger charge is 2.29. The fourth-order valence-electron chi connectivity index (χ4n) is 5.05. The lowest BCUT2D eigenvalue weighted by Crippen LogP contribution is -2.18. The van der Waals surface area contributed by atoms with Crippen LogP contribution in [0.3, 0.4) is 0 Å². The van der Waals surface area contributed by atoms with Crippen LogP contribution in [0.1, 0.15) is 55.3 Å². The topological polar surface area (TPSA) is 153 Å². The molecule has 4 aromatic rings. The molecule has 11 nitrogen and oxygen atoms in total. The van der Waals surface area contributed by atoms with Crippen LogP contribution < -0.4 is 9.46 Å². The SMILES string of the molecule is CCCS(=O)(=O)Nc1cc(C)c(-c2c(C#N)c3ccc(Oc4nccnc4[N+](=O)[O-])cc3n2C2CCC2)cc1C. The van der Waals surface area contributed by atoms with Gasteiger partial charge >= 0.3 is 11.7 Å². The lowest BCUT2D eigenvalue weighted by molar-refractivity contribution is -0.390. The van der Waals surface area contributed by atoms with Crippen LogP contribution in [0.15, 0.2) is 42.7 Å². The Balaban J connectivity index is 1.66. The Bertz CT molecular complexity index is 1790. The lowest BCUT2D eigenvalue weighted by atomic mass is 9.91. The summed E-state index contributed by atoms with van der Waals surface area (Å²) >= 11 is 0. The molecule has 0 spiro atoms. The molecule has 2 heterocycles. The molecule has 2 aromatic carbocycles.